The van der Waals surface area contributed by atoms with Crippen molar-refractivity contribution in [3.05, 3.63) is 107 Å². The molecular weight excluding hydrogens is 1140 g/mol. The van der Waals surface area contributed by atoms with Gasteiger partial charge in [0.05, 0.1) is 23.0 Å². The normalized spacial score (nSPS) is 11.9. The van der Waals surface area contributed by atoms with Crippen molar-refractivity contribution in [2.75, 3.05) is 32.2 Å². The minimum Gasteiger partial charge on any atom is -1.00 e. The van der Waals surface area contributed by atoms with Crippen LogP contribution in [0.25, 0.3) is 0 Å². The molecule has 4 aromatic rings. The second kappa shape index (κ2) is 31.7. The lowest BCUT2D eigenvalue weighted by molar-refractivity contribution is -0.697. The standard InChI is InChI=1S/C31H30N2O6.C15H16F12O4.C6H2.C2H6.BrH.7H2/c1-21-22(2)29(14-13-28(21)38-30(35)23-5-9-26(34)10-6-23)39-31(36)24-7-11-27(12-8-24)37-20-19-33-17-15-25(16-18-33)32(3)4;1-3-7(4-6(2)8(28)29)9(30)31-5-11(18,19)13(22,23)15(26,27)14(24,25)12(20,21)10(16)17;1-3-5-6-4-2;1-2;;;;;;;;/h5-18H,19-20H2,1-4H3;6-7,10H,3-5H2,1-2H3,(H,28,29);1-2H;1-2H3;8*1H. The number of aromatic hydroxyl groups is 1. The zero-order valence-corrected chi connectivity index (χ0v) is 45.1. The van der Waals surface area contributed by atoms with Crippen molar-refractivity contribution in [2.45, 2.75) is 97.0 Å². The van der Waals surface area contributed by atoms with E-state index in [2.05, 4.69) is 28.4 Å². The largest absolute Gasteiger partial charge is 1.00 e. The van der Waals surface area contributed by atoms with Gasteiger partial charge in [-0.2, -0.15) is 43.9 Å². The molecule has 2 N–H and O–H groups in total. The molecule has 4 rings (SSSR count). The van der Waals surface area contributed by atoms with Gasteiger partial charge in [0.1, 0.15) is 29.6 Å². The van der Waals surface area contributed by atoms with Crippen molar-refractivity contribution < 1.29 is 133 Å². The Balaban J connectivity index is -0.000000197. The van der Waals surface area contributed by atoms with Crippen LogP contribution in [0.1, 0.15) is 82.4 Å². The van der Waals surface area contributed by atoms with E-state index in [9.17, 15) is 77.0 Å². The van der Waals surface area contributed by atoms with E-state index in [-0.39, 0.29) is 39.1 Å². The molecule has 1 heterocycles. The number of carbonyl (C=O) groups excluding carboxylic acids is 3. The van der Waals surface area contributed by atoms with Crippen LogP contribution in [0, 0.1) is 62.2 Å². The number of nitrogens with zero attached hydrogens (tertiary/aromatic N) is 2. The first-order valence-corrected chi connectivity index (χ1v) is 22.9. The molecule has 0 saturated carbocycles. The number of hydrogen-bond acceptors (Lipinski definition) is 10. The molecule has 0 radical (unpaired) electrons. The summed E-state index contributed by atoms with van der Waals surface area (Å²) in [5.41, 5.74) is 3.17. The molecule has 0 aliphatic rings. The molecule has 446 valence electrons. The van der Waals surface area contributed by atoms with Gasteiger partial charge in [-0.25, -0.2) is 22.9 Å². The fourth-order valence-electron chi connectivity index (χ4n) is 5.93. The zero-order chi connectivity index (χ0) is 60.0. The molecule has 12 nitrogen and oxygen atoms in total. The average Bonchev–Trinajstić information content (AvgIpc) is 3.39. The van der Waals surface area contributed by atoms with E-state index in [4.69, 9.17) is 32.2 Å². The number of ether oxygens (including phenoxy) is 4. The van der Waals surface area contributed by atoms with Crippen molar-refractivity contribution in [3.8, 4) is 59.5 Å². The van der Waals surface area contributed by atoms with Gasteiger partial charge < -0.3 is 51.0 Å². The molecular formula is C54H69BrF12N2O10. The number of aromatic nitrogens is 1. The Morgan fingerprint density at radius 2 is 1.16 bits per heavy atom. The molecule has 25 heteroatoms. The number of terminal acetylenes is 2. The monoisotopic (exact) mass is 1210 g/mol. The van der Waals surface area contributed by atoms with Crippen LogP contribution in [0.15, 0.2) is 85.2 Å². The number of hydrogen-bond donors (Lipinski definition) is 2. The third kappa shape index (κ3) is 19.4. The van der Waals surface area contributed by atoms with E-state index in [1.54, 1.807) is 50.2 Å². The molecule has 0 aliphatic heterocycles. The molecule has 1 aromatic heterocycles. The molecule has 0 fully saturated rings. The Morgan fingerprint density at radius 3 is 1.56 bits per heavy atom. The summed E-state index contributed by atoms with van der Waals surface area (Å²) in [6, 6.07) is 19.9. The van der Waals surface area contributed by atoms with E-state index in [1.165, 1.54) is 31.2 Å². The summed E-state index contributed by atoms with van der Waals surface area (Å²) in [6.07, 6.45) is 6.93. The number of rotatable bonds is 21. The van der Waals surface area contributed by atoms with Crippen LogP contribution < -0.4 is 40.7 Å². The lowest BCUT2D eigenvalue weighted by atomic mass is 9.93. The topological polar surface area (TPSA) is 153 Å². The number of carbonyl (C=O) groups is 4. The number of esters is 3. The Labute approximate surface area is 469 Å². The maximum atomic E-state index is 13.6. The quantitative estimate of drug-likeness (QED) is 0.0270. The molecule has 0 aliphatic carbocycles. The molecule has 2 unspecified atom stereocenters. The number of pyridine rings is 1. The Bertz CT molecular complexity index is 2790. The summed E-state index contributed by atoms with van der Waals surface area (Å²) < 4.78 is 179. The third-order valence-corrected chi connectivity index (χ3v) is 10.7. The van der Waals surface area contributed by atoms with E-state index in [0.29, 0.717) is 52.7 Å². The highest BCUT2D eigenvalue weighted by atomic mass is 79.9. The highest BCUT2D eigenvalue weighted by Gasteiger charge is 2.88. The first-order valence-electron chi connectivity index (χ1n) is 22.9. The van der Waals surface area contributed by atoms with Gasteiger partial charge >= 0.3 is 59.9 Å². The molecule has 0 spiro atoms. The summed E-state index contributed by atoms with van der Waals surface area (Å²) in [6.45, 7) is 8.00. The minimum absolute atomic E-state index is 0. The number of benzene rings is 3. The highest BCUT2D eigenvalue weighted by Crippen LogP contribution is 2.58. The lowest BCUT2D eigenvalue weighted by Gasteiger charge is -2.39. The highest BCUT2D eigenvalue weighted by molar-refractivity contribution is 5.92. The number of halogens is 13. The summed E-state index contributed by atoms with van der Waals surface area (Å²) in [7, 11) is 4.00. The maximum absolute atomic E-state index is 13.6. The van der Waals surface area contributed by atoms with Gasteiger partial charge in [-0.15, -0.1) is 12.8 Å². The van der Waals surface area contributed by atoms with Gasteiger partial charge in [0.15, 0.2) is 25.5 Å². The van der Waals surface area contributed by atoms with Crippen LogP contribution >= 0.6 is 0 Å². The Hall–Kier alpha value is -7.59. The maximum Gasteiger partial charge on any atom is 0.384 e. The van der Waals surface area contributed by atoms with Crippen LogP contribution in [0.2, 0.25) is 0 Å². The summed E-state index contributed by atoms with van der Waals surface area (Å²) >= 11 is 0. The predicted molar refractivity (Wildman–Crippen MR) is 275 cm³/mol. The van der Waals surface area contributed by atoms with Gasteiger partial charge in [0, 0.05) is 41.9 Å². The molecule has 3 aromatic carbocycles. The Kier molecular flexibility index (Phi) is 28.7. The molecule has 0 saturated heterocycles. The summed E-state index contributed by atoms with van der Waals surface area (Å²) in [5.74, 6) is -33.3. The van der Waals surface area contributed by atoms with E-state index >= 15 is 0 Å². The van der Waals surface area contributed by atoms with Crippen LogP contribution in [-0.4, -0.2) is 97.4 Å². The zero-order valence-electron chi connectivity index (χ0n) is 43.5. The minimum atomic E-state index is -7.71. The smallest absolute Gasteiger partial charge is 0.384 e. The van der Waals surface area contributed by atoms with Gasteiger partial charge in [0.2, 0.25) is 0 Å². The molecule has 0 amide bonds. The molecule has 2 atom stereocenters. The predicted octanol–water partition coefficient (Wildman–Crippen LogP) is 10.00. The third-order valence-electron chi connectivity index (χ3n) is 10.7. The van der Waals surface area contributed by atoms with Gasteiger partial charge in [0.25, 0.3) is 0 Å². The van der Waals surface area contributed by atoms with Crippen LogP contribution in [0.3, 0.4) is 0 Å². The first kappa shape index (κ1) is 71.4. The van der Waals surface area contributed by atoms with Crippen molar-refractivity contribution in [1.29, 1.82) is 0 Å². The van der Waals surface area contributed by atoms with Crippen LogP contribution in [0.4, 0.5) is 58.4 Å². The first-order chi connectivity index (χ1) is 36.2. The second-order valence-corrected chi connectivity index (χ2v) is 16.3. The molecule has 79 heavy (non-hydrogen) atoms. The number of phenolic OH excluding ortho intramolecular Hbond substituents is 1. The number of carboxylic acids is 1. The van der Waals surface area contributed by atoms with Crippen molar-refractivity contribution in [3.63, 3.8) is 0 Å². The number of carboxylic acid groups (broad SMARTS) is 1. The fraction of sp³-hybridized carbons (Fsp3) is 0.389. The SMILES string of the molecule is C#CC#CC#C.CC.CCC(CC(C)C(=O)O)C(=O)OCC(F)(F)C(F)(F)C(F)(F)C(F)(F)C(F)(F)C(F)F.Cc1c(OC(=O)c2ccc(O)cc2)ccc(OC(=O)c2ccc(OCC[n+]3ccc(N(C)C)cc3)cc2)c1C.[Br-].[HH].[HH].[HH].[HH].[HH].[HH].[HH]. The Morgan fingerprint density at radius 1 is 0.722 bits per heavy atom. The van der Waals surface area contributed by atoms with Crippen molar-refractivity contribution in [2.24, 2.45) is 11.8 Å². The van der Waals surface area contributed by atoms with Gasteiger partial charge in [-0.1, -0.05) is 27.7 Å². The number of anilines is 1. The molecule has 0 bridgehead atoms. The number of aliphatic carboxylic acids is 1. The van der Waals surface area contributed by atoms with Gasteiger partial charge in [-0.3, -0.25) is 9.59 Å². The van der Waals surface area contributed by atoms with E-state index in [1.807, 2.05) is 61.9 Å². The van der Waals surface area contributed by atoms with E-state index in [0.717, 1.165) is 12.6 Å². The van der Waals surface area contributed by atoms with E-state index < -0.39 is 84.8 Å². The van der Waals surface area contributed by atoms with Crippen LogP contribution in [0.5, 0.6) is 23.0 Å². The summed E-state index contributed by atoms with van der Waals surface area (Å²) in [5, 5.41) is 18.1. The second-order valence-electron chi connectivity index (χ2n) is 16.3. The number of phenols is 1. The average molecular weight is 1210 g/mol. The van der Waals surface area contributed by atoms with Crippen molar-refractivity contribution in [1.82, 2.24) is 0 Å². The van der Waals surface area contributed by atoms with Crippen LogP contribution in [-0.2, 0) is 20.9 Å². The fourth-order valence-corrected chi connectivity index (χ4v) is 5.93. The van der Waals surface area contributed by atoms with Gasteiger partial charge in [-0.05, 0) is 122 Å². The van der Waals surface area contributed by atoms with Crippen molar-refractivity contribution >= 4 is 29.6 Å². The summed E-state index contributed by atoms with van der Waals surface area (Å²) in [4.78, 5) is 49.6. The number of alkyl halides is 12. The lowest BCUT2D eigenvalue weighted by Crippen LogP contribution is -3.00.